The van der Waals surface area contributed by atoms with E-state index in [2.05, 4.69) is 0 Å². The van der Waals surface area contributed by atoms with Gasteiger partial charge in [-0.3, -0.25) is 0 Å². The molecule has 0 aliphatic rings. The van der Waals surface area contributed by atoms with Crippen LogP contribution in [-0.4, -0.2) is 37.5 Å². The highest BCUT2D eigenvalue weighted by Crippen LogP contribution is 1.92. The van der Waals surface area contributed by atoms with Crippen molar-refractivity contribution in [3.8, 4) is 0 Å². The summed E-state index contributed by atoms with van der Waals surface area (Å²) in [5.41, 5.74) is 0. The average Bonchev–Trinajstić information content (AvgIpc) is 1.87. The summed E-state index contributed by atoms with van der Waals surface area (Å²) in [6.45, 7) is 1.99. The number of aliphatic hydroxyl groups is 1. The zero-order chi connectivity index (χ0) is 8.15. The van der Waals surface area contributed by atoms with Gasteiger partial charge in [0, 0.05) is 13.6 Å². The van der Waals surface area contributed by atoms with Crippen LogP contribution in [0.1, 0.15) is 13.3 Å². The fraction of sp³-hybridized carbons (Fsp3) is 1.00. The van der Waals surface area contributed by atoms with Crippen LogP contribution >= 0.6 is 0 Å². The Morgan fingerprint density at radius 3 is 2.40 bits per heavy atom. The smallest absolute Gasteiger partial charge is 0.203 e. The molecule has 0 aromatic heterocycles. The van der Waals surface area contributed by atoms with Crippen molar-refractivity contribution in [2.45, 2.75) is 19.4 Å². The molecule has 0 rings (SSSR count). The van der Waals surface area contributed by atoms with Crippen molar-refractivity contribution in [3.05, 3.63) is 0 Å². The Hall–Kier alpha value is -0.130. The van der Waals surface area contributed by atoms with Crippen LogP contribution < -0.4 is 0 Å². The van der Waals surface area contributed by atoms with Crippen LogP contribution in [0.2, 0.25) is 0 Å². The third-order valence-electron chi connectivity index (χ3n) is 1.22. The fourth-order valence-electron chi connectivity index (χ4n) is 0.501. The lowest BCUT2D eigenvalue weighted by Gasteiger charge is -2.12. The third-order valence-corrected chi connectivity index (χ3v) is 1.95. The van der Waals surface area contributed by atoms with Crippen LogP contribution in [0.25, 0.3) is 0 Å². The van der Waals surface area contributed by atoms with Crippen LogP contribution in [0.15, 0.2) is 0 Å². The molecule has 0 aliphatic heterocycles. The summed E-state index contributed by atoms with van der Waals surface area (Å²) >= 11 is 0. The highest BCUT2D eigenvalue weighted by molar-refractivity contribution is 7.69. The van der Waals surface area contributed by atoms with E-state index >= 15 is 0 Å². The van der Waals surface area contributed by atoms with Crippen molar-refractivity contribution < 1.29 is 13.5 Å². The van der Waals surface area contributed by atoms with Crippen molar-refractivity contribution >= 4 is 10.9 Å². The Bertz CT molecular complexity index is 149. The van der Waals surface area contributed by atoms with E-state index in [0.717, 1.165) is 4.31 Å². The van der Waals surface area contributed by atoms with Gasteiger partial charge >= 0.3 is 0 Å². The molecule has 62 valence electrons. The van der Waals surface area contributed by atoms with Gasteiger partial charge in [0.1, 0.15) is 0 Å². The standard InChI is InChI=1S/C5H13NO3S/c1-3-5(7)4-6(2)10(8)9/h5,7,10H,3-4H2,1-2H3/t5-/m0/s1. The molecule has 0 aromatic carbocycles. The second kappa shape index (κ2) is 4.65. The first kappa shape index (κ1) is 9.87. The van der Waals surface area contributed by atoms with Crippen molar-refractivity contribution in [2.75, 3.05) is 13.6 Å². The molecule has 0 fully saturated rings. The molecular formula is C5H13NO3S. The SMILES string of the molecule is CC[C@H](O)CN(C)[SH](=O)=O. The number of thiol groups is 1. The Balaban J connectivity index is 3.67. The lowest BCUT2D eigenvalue weighted by molar-refractivity contribution is 0.150. The van der Waals surface area contributed by atoms with Crippen LogP contribution in [0.3, 0.4) is 0 Å². The lowest BCUT2D eigenvalue weighted by Crippen LogP contribution is -2.27. The van der Waals surface area contributed by atoms with Crippen molar-refractivity contribution in [2.24, 2.45) is 0 Å². The van der Waals surface area contributed by atoms with Crippen LogP contribution in [0.5, 0.6) is 0 Å². The molecular weight excluding hydrogens is 154 g/mol. The van der Waals surface area contributed by atoms with Gasteiger partial charge in [-0.2, -0.15) is 0 Å². The second-order valence-corrected chi connectivity index (χ2v) is 3.30. The number of aliphatic hydroxyl groups excluding tert-OH is 1. The summed E-state index contributed by atoms with van der Waals surface area (Å²) < 4.78 is 21.5. The second-order valence-electron chi connectivity index (χ2n) is 2.14. The number of rotatable bonds is 4. The molecule has 0 heterocycles. The summed E-state index contributed by atoms with van der Waals surface area (Å²) in [5.74, 6) is 0. The predicted molar refractivity (Wildman–Crippen MR) is 39.2 cm³/mol. The largest absolute Gasteiger partial charge is 0.392 e. The van der Waals surface area contributed by atoms with E-state index < -0.39 is 17.0 Å². The molecule has 10 heavy (non-hydrogen) atoms. The molecule has 0 aromatic rings. The molecule has 4 nitrogen and oxygen atoms in total. The summed E-state index contributed by atoms with van der Waals surface area (Å²) in [5, 5.41) is 8.97. The number of hydrogen-bond acceptors (Lipinski definition) is 3. The van der Waals surface area contributed by atoms with E-state index in [1.54, 1.807) is 6.92 Å². The molecule has 0 amide bonds. The van der Waals surface area contributed by atoms with E-state index in [0.29, 0.717) is 6.42 Å². The zero-order valence-electron chi connectivity index (χ0n) is 6.15. The topological polar surface area (TPSA) is 57.6 Å². The zero-order valence-corrected chi connectivity index (χ0v) is 7.04. The van der Waals surface area contributed by atoms with Gasteiger partial charge in [0.15, 0.2) is 0 Å². The van der Waals surface area contributed by atoms with Gasteiger partial charge < -0.3 is 5.11 Å². The fourth-order valence-corrected chi connectivity index (χ4v) is 0.823. The molecule has 0 saturated carbocycles. The molecule has 0 unspecified atom stereocenters. The number of nitrogens with zero attached hydrogens (tertiary/aromatic N) is 1. The summed E-state index contributed by atoms with van der Waals surface area (Å²) in [6.07, 6.45) is 0.0333. The lowest BCUT2D eigenvalue weighted by atomic mass is 10.3. The highest BCUT2D eigenvalue weighted by atomic mass is 32.2. The third kappa shape index (κ3) is 3.81. The molecule has 0 saturated heterocycles. The van der Waals surface area contributed by atoms with Gasteiger partial charge in [-0.25, -0.2) is 12.7 Å². The first-order chi connectivity index (χ1) is 4.57. The first-order valence-corrected chi connectivity index (χ1v) is 4.24. The normalized spacial score (nSPS) is 14.5. The Kier molecular flexibility index (Phi) is 4.59. The van der Waals surface area contributed by atoms with Crippen molar-refractivity contribution in [1.29, 1.82) is 0 Å². The summed E-state index contributed by atoms with van der Waals surface area (Å²) in [6, 6.07) is 0. The van der Waals surface area contributed by atoms with E-state index in [9.17, 15) is 8.42 Å². The molecule has 0 spiro atoms. The Labute approximate surface area is 62.5 Å². The van der Waals surface area contributed by atoms with Crippen LogP contribution in [-0.2, 0) is 10.9 Å². The number of hydrogen-bond donors (Lipinski definition) is 2. The quantitative estimate of drug-likeness (QED) is 0.540. The maximum atomic E-state index is 10.2. The Morgan fingerprint density at radius 2 is 2.10 bits per heavy atom. The minimum absolute atomic E-state index is 0.190. The molecule has 1 N–H and O–H groups in total. The van der Waals surface area contributed by atoms with Gasteiger partial charge in [0.25, 0.3) is 0 Å². The van der Waals surface area contributed by atoms with Crippen molar-refractivity contribution in [3.63, 3.8) is 0 Å². The van der Waals surface area contributed by atoms with Crippen LogP contribution in [0.4, 0.5) is 0 Å². The van der Waals surface area contributed by atoms with E-state index in [-0.39, 0.29) is 6.54 Å². The number of likely N-dealkylation sites (N-methyl/N-ethyl adjacent to an activating group) is 1. The maximum absolute atomic E-state index is 10.2. The van der Waals surface area contributed by atoms with E-state index in [1.807, 2.05) is 0 Å². The molecule has 5 heteroatoms. The van der Waals surface area contributed by atoms with Crippen LogP contribution in [0, 0.1) is 0 Å². The maximum Gasteiger partial charge on any atom is 0.203 e. The van der Waals surface area contributed by atoms with Gasteiger partial charge in [0.2, 0.25) is 10.9 Å². The predicted octanol–water partition coefficient (Wildman–Crippen LogP) is -0.784. The summed E-state index contributed by atoms with van der Waals surface area (Å²) in [7, 11) is -1.09. The Morgan fingerprint density at radius 1 is 1.60 bits per heavy atom. The van der Waals surface area contributed by atoms with E-state index in [4.69, 9.17) is 5.11 Å². The average molecular weight is 167 g/mol. The molecule has 0 bridgehead atoms. The van der Waals surface area contributed by atoms with Gasteiger partial charge in [-0.15, -0.1) is 0 Å². The van der Waals surface area contributed by atoms with Gasteiger partial charge in [0.05, 0.1) is 6.10 Å². The highest BCUT2D eigenvalue weighted by Gasteiger charge is 2.05. The molecule has 0 aliphatic carbocycles. The summed E-state index contributed by atoms with van der Waals surface area (Å²) in [4.78, 5) is 0. The molecule has 1 atom stereocenters. The monoisotopic (exact) mass is 167 g/mol. The molecule has 0 radical (unpaired) electrons. The minimum Gasteiger partial charge on any atom is -0.392 e. The van der Waals surface area contributed by atoms with E-state index in [1.165, 1.54) is 7.05 Å². The van der Waals surface area contributed by atoms with Gasteiger partial charge in [-0.05, 0) is 6.42 Å². The van der Waals surface area contributed by atoms with Gasteiger partial charge in [-0.1, -0.05) is 6.92 Å². The first-order valence-electron chi connectivity index (χ1n) is 3.11. The minimum atomic E-state index is -2.53. The van der Waals surface area contributed by atoms with Crippen molar-refractivity contribution in [1.82, 2.24) is 4.31 Å².